The summed E-state index contributed by atoms with van der Waals surface area (Å²) in [6.07, 6.45) is 5.00. The molecule has 0 fully saturated rings. The minimum atomic E-state index is 0.0132. The zero-order chi connectivity index (χ0) is 13.7. The second-order valence-electron chi connectivity index (χ2n) is 4.91. The molecule has 0 aliphatic carbocycles. The molecule has 1 N–H and O–H groups in total. The lowest BCUT2D eigenvalue weighted by atomic mass is 10.1. The highest BCUT2D eigenvalue weighted by molar-refractivity contribution is 5.94. The van der Waals surface area contributed by atoms with Gasteiger partial charge < -0.3 is 9.88 Å². The number of hydrogen-bond acceptors (Lipinski definition) is 1. The molecule has 3 heteroatoms. The van der Waals surface area contributed by atoms with Crippen molar-refractivity contribution >= 4 is 5.91 Å². The van der Waals surface area contributed by atoms with E-state index in [1.165, 1.54) is 0 Å². The Morgan fingerprint density at radius 2 is 1.74 bits per heavy atom. The topological polar surface area (TPSA) is 34.0 Å². The van der Waals surface area contributed by atoms with Crippen LogP contribution in [-0.2, 0) is 6.54 Å². The third-order valence-electron chi connectivity index (χ3n) is 3.03. The summed E-state index contributed by atoms with van der Waals surface area (Å²) in [4.78, 5) is 12.0. The third-order valence-corrected chi connectivity index (χ3v) is 3.03. The summed E-state index contributed by atoms with van der Waals surface area (Å²) >= 11 is 0. The molecular weight excluding hydrogens is 236 g/mol. The molecule has 1 heterocycles. The molecule has 2 rings (SSSR count). The summed E-state index contributed by atoms with van der Waals surface area (Å²) in [5, 5.41) is 2.96. The summed E-state index contributed by atoms with van der Waals surface area (Å²) in [7, 11) is 0. The van der Waals surface area contributed by atoms with E-state index >= 15 is 0 Å². The van der Waals surface area contributed by atoms with E-state index in [9.17, 15) is 4.79 Å². The van der Waals surface area contributed by atoms with Crippen molar-refractivity contribution in [3.05, 3.63) is 59.4 Å². The number of nitrogens with one attached hydrogen (secondary N) is 1. The molecule has 1 aromatic heterocycles. The minimum absolute atomic E-state index is 0.0132. The average molecular weight is 256 g/mol. The smallest absolute Gasteiger partial charge is 0.251 e. The van der Waals surface area contributed by atoms with Gasteiger partial charge in [0.2, 0.25) is 0 Å². The van der Waals surface area contributed by atoms with Crippen LogP contribution in [0.4, 0.5) is 0 Å². The molecule has 100 valence electrons. The molecule has 0 unspecified atom stereocenters. The lowest BCUT2D eigenvalue weighted by molar-refractivity contribution is 0.0952. The molecule has 0 bridgehead atoms. The zero-order valence-corrected chi connectivity index (χ0v) is 11.5. The Labute approximate surface area is 114 Å². The van der Waals surface area contributed by atoms with Gasteiger partial charge in [-0.15, -0.1) is 0 Å². The first-order chi connectivity index (χ1) is 9.15. The number of carbonyl (C=O) groups excluding carboxylic acids is 1. The molecule has 0 saturated heterocycles. The molecule has 1 aromatic carbocycles. The summed E-state index contributed by atoms with van der Waals surface area (Å²) in [6.45, 7) is 5.65. The van der Waals surface area contributed by atoms with Crippen LogP contribution in [0.3, 0.4) is 0 Å². The summed E-state index contributed by atoms with van der Waals surface area (Å²) < 4.78 is 2.11. The predicted molar refractivity (Wildman–Crippen MR) is 77.3 cm³/mol. The first kappa shape index (κ1) is 13.4. The lowest BCUT2D eigenvalue weighted by Gasteiger charge is -2.07. The zero-order valence-electron chi connectivity index (χ0n) is 11.5. The molecule has 0 atom stereocenters. The molecule has 19 heavy (non-hydrogen) atoms. The van der Waals surface area contributed by atoms with E-state index in [0.29, 0.717) is 6.54 Å². The number of aromatic nitrogens is 1. The minimum Gasteiger partial charge on any atom is -0.354 e. The van der Waals surface area contributed by atoms with Gasteiger partial charge in [-0.3, -0.25) is 4.79 Å². The van der Waals surface area contributed by atoms with Crippen LogP contribution in [0, 0.1) is 13.8 Å². The van der Waals surface area contributed by atoms with Gasteiger partial charge in [0.15, 0.2) is 0 Å². The van der Waals surface area contributed by atoms with Crippen molar-refractivity contribution in [3.8, 4) is 0 Å². The van der Waals surface area contributed by atoms with Gasteiger partial charge in [0.1, 0.15) is 0 Å². The number of rotatable bonds is 5. The molecular formula is C16H20N2O. The largest absolute Gasteiger partial charge is 0.354 e. The van der Waals surface area contributed by atoms with Crippen molar-refractivity contribution in [1.82, 2.24) is 9.88 Å². The number of amides is 1. The van der Waals surface area contributed by atoms with Crippen LogP contribution in [0.15, 0.2) is 42.7 Å². The summed E-state index contributed by atoms with van der Waals surface area (Å²) in [5.74, 6) is 0.0132. The normalized spacial score (nSPS) is 10.4. The van der Waals surface area contributed by atoms with E-state index in [0.717, 1.165) is 29.7 Å². The van der Waals surface area contributed by atoms with Crippen LogP contribution in [-0.4, -0.2) is 17.0 Å². The van der Waals surface area contributed by atoms with Crippen molar-refractivity contribution in [2.75, 3.05) is 6.54 Å². The van der Waals surface area contributed by atoms with Crippen molar-refractivity contribution < 1.29 is 4.79 Å². The number of hydrogen-bond donors (Lipinski definition) is 1. The standard InChI is InChI=1S/C16H20N2O/c1-13-10-14(2)12-15(11-13)16(19)17-6-5-9-18-7-3-4-8-18/h3-4,7-8,10-12H,5-6,9H2,1-2H3,(H,17,19). The fourth-order valence-electron chi connectivity index (χ4n) is 2.19. The second kappa shape index (κ2) is 6.23. The first-order valence-electron chi connectivity index (χ1n) is 6.62. The molecule has 0 aliphatic rings. The molecule has 0 radical (unpaired) electrons. The van der Waals surface area contributed by atoms with Gasteiger partial charge in [0, 0.05) is 31.0 Å². The Bertz CT molecular complexity index is 524. The quantitative estimate of drug-likeness (QED) is 0.820. The molecule has 2 aromatic rings. The highest BCUT2D eigenvalue weighted by Gasteiger charge is 2.05. The third kappa shape index (κ3) is 3.98. The lowest BCUT2D eigenvalue weighted by Crippen LogP contribution is -2.25. The van der Waals surface area contributed by atoms with E-state index in [1.807, 2.05) is 50.5 Å². The van der Waals surface area contributed by atoms with E-state index in [2.05, 4.69) is 16.0 Å². The van der Waals surface area contributed by atoms with Crippen molar-refractivity contribution in [1.29, 1.82) is 0 Å². The number of carbonyl (C=O) groups is 1. The molecule has 0 spiro atoms. The van der Waals surface area contributed by atoms with Gasteiger partial charge in [-0.05, 0) is 44.5 Å². The van der Waals surface area contributed by atoms with Crippen LogP contribution >= 0.6 is 0 Å². The Morgan fingerprint density at radius 1 is 1.11 bits per heavy atom. The maximum absolute atomic E-state index is 12.0. The first-order valence-corrected chi connectivity index (χ1v) is 6.62. The second-order valence-corrected chi connectivity index (χ2v) is 4.91. The van der Waals surface area contributed by atoms with E-state index in [-0.39, 0.29) is 5.91 Å². The van der Waals surface area contributed by atoms with Crippen molar-refractivity contribution in [2.24, 2.45) is 0 Å². The molecule has 0 saturated carbocycles. The SMILES string of the molecule is Cc1cc(C)cc(C(=O)NCCCn2cccc2)c1. The Balaban J connectivity index is 1.80. The fraction of sp³-hybridized carbons (Fsp3) is 0.312. The Hall–Kier alpha value is -2.03. The molecule has 3 nitrogen and oxygen atoms in total. The van der Waals surface area contributed by atoms with Gasteiger partial charge in [0.25, 0.3) is 5.91 Å². The van der Waals surface area contributed by atoms with Gasteiger partial charge >= 0.3 is 0 Å². The van der Waals surface area contributed by atoms with Crippen LogP contribution in [0.1, 0.15) is 27.9 Å². The van der Waals surface area contributed by atoms with E-state index < -0.39 is 0 Å². The number of aryl methyl sites for hydroxylation is 3. The highest BCUT2D eigenvalue weighted by atomic mass is 16.1. The fourth-order valence-corrected chi connectivity index (χ4v) is 2.19. The molecule has 0 aliphatic heterocycles. The number of nitrogens with zero attached hydrogens (tertiary/aromatic N) is 1. The van der Waals surface area contributed by atoms with Gasteiger partial charge in [-0.25, -0.2) is 0 Å². The monoisotopic (exact) mass is 256 g/mol. The highest BCUT2D eigenvalue weighted by Crippen LogP contribution is 2.08. The maximum Gasteiger partial charge on any atom is 0.251 e. The van der Waals surface area contributed by atoms with Crippen molar-refractivity contribution in [3.63, 3.8) is 0 Å². The van der Waals surface area contributed by atoms with Crippen molar-refractivity contribution in [2.45, 2.75) is 26.8 Å². The average Bonchev–Trinajstić information content (AvgIpc) is 2.86. The van der Waals surface area contributed by atoms with E-state index in [4.69, 9.17) is 0 Å². The summed E-state index contributed by atoms with van der Waals surface area (Å²) in [6, 6.07) is 9.94. The van der Waals surface area contributed by atoms with Gasteiger partial charge in [-0.2, -0.15) is 0 Å². The van der Waals surface area contributed by atoms with Gasteiger partial charge in [-0.1, -0.05) is 17.2 Å². The van der Waals surface area contributed by atoms with Crippen LogP contribution in [0.5, 0.6) is 0 Å². The van der Waals surface area contributed by atoms with Crippen LogP contribution in [0.25, 0.3) is 0 Å². The predicted octanol–water partition coefficient (Wildman–Crippen LogP) is 2.93. The summed E-state index contributed by atoms with van der Waals surface area (Å²) in [5.41, 5.74) is 2.99. The van der Waals surface area contributed by atoms with E-state index in [1.54, 1.807) is 0 Å². The Morgan fingerprint density at radius 3 is 2.37 bits per heavy atom. The van der Waals surface area contributed by atoms with Gasteiger partial charge in [0.05, 0.1) is 0 Å². The number of benzene rings is 1. The van der Waals surface area contributed by atoms with Crippen LogP contribution in [0.2, 0.25) is 0 Å². The maximum atomic E-state index is 12.0. The Kier molecular flexibility index (Phi) is 4.39. The molecule has 1 amide bonds. The van der Waals surface area contributed by atoms with Crippen LogP contribution < -0.4 is 5.32 Å².